The Morgan fingerprint density at radius 2 is 2.05 bits per heavy atom. The fraction of sp³-hybridized carbons (Fsp3) is 0.800. The Labute approximate surface area is 114 Å². The topological polar surface area (TPSA) is 29.9 Å². The van der Waals surface area contributed by atoms with Gasteiger partial charge in [0.25, 0.3) is 0 Å². The first-order valence-corrected chi connectivity index (χ1v) is 7.62. The van der Waals surface area contributed by atoms with Crippen LogP contribution in [0.2, 0.25) is 0 Å². The third-order valence-electron chi connectivity index (χ3n) is 4.63. The van der Waals surface area contributed by atoms with Crippen molar-refractivity contribution in [3.05, 3.63) is 17.5 Å². The molecule has 2 saturated heterocycles. The van der Waals surface area contributed by atoms with Gasteiger partial charge in [-0.05, 0) is 45.1 Å². The zero-order valence-electron chi connectivity index (χ0n) is 12.0. The summed E-state index contributed by atoms with van der Waals surface area (Å²) in [6.45, 7) is 5.01. The van der Waals surface area contributed by atoms with Gasteiger partial charge in [-0.25, -0.2) is 4.39 Å². The average Bonchev–Trinajstić information content (AvgIpc) is 2.92. The van der Waals surface area contributed by atoms with Crippen LogP contribution >= 0.6 is 0 Å². The molecule has 2 unspecified atom stereocenters. The highest BCUT2D eigenvalue weighted by molar-refractivity contribution is 5.15. The summed E-state index contributed by atoms with van der Waals surface area (Å²) in [5.74, 6) is 0. The van der Waals surface area contributed by atoms with Crippen molar-refractivity contribution in [2.24, 2.45) is 0 Å². The molecule has 106 valence electrons. The highest BCUT2D eigenvalue weighted by Crippen LogP contribution is 2.38. The number of hydrogen-bond acceptors (Lipinski definition) is 2. The Kier molecular flexibility index (Phi) is 3.37. The van der Waals surface area contributed by atoms with Crippen molar-refractivity contribution in [2.45, 2.75) is 76.7 Å². The number of aromatic nitrogens is 2. The van der Waals surface area contributed by atoms with Gasteiger partial charge in [-0.3, -0.25) is 4.68 Å². The van der Waals surface area contributed by atoms with Crippen molar-refractivity contribution >= 4 is 0 Å². The molecule has 0 saturated carbocycles. The minimum Gasteiger partial charge on any atom is -0.311 e. The highest BCUT2D eigenvalue weighted by Gasteiger charge is 2.44. The van der Waals surface area contributed by atoms with Crippen molar-refractivity contribution in [3.8, 4) is 0 Å². The number of aryl methyl sites for hydroxylation is 2. The molecule has 1 aromatic heterocycles. The standard InChI is InChI=1S/C15H24FN3/c1-3-11-7-14(19(4-2)18-11)10-15(16)8-12-5-6-13(9-15)17-12/h7,12-13,17H,3-6,8-10H2,1-2H3. The van der Waals surface area contributed by atoms with Crippen molar-refractivity contribution in [2.75, 3.05) is 0 Å². The lowest BCUT2D eigenvalue weighted by Crippen LogP contribution is -2.47. The van der Waals surface area contributed by atoms with E-state index in [1.807, 2.05) is 4.68 Å². The third-order valence-corrected chi connectivity index (χ3v) is 4.63. The molecule has 3 rings (SSSR count). The quantitative estimate of drug-likeness (QED) is 0.907. The van der Waals surface area contributed by atoms with Gasteiger partial charge >= 0.3 is 0 Å². The second kappa shape index (κ2) is 4.89. The van der Waals surface area contributed by atoms with Crippen LogP contribution in [0.1, 0.15) is 50.9 Å². The first-order valence-electron chi connectivity index (χ1n) is 7.62. The molecule has 0 radical (unpaired) electrons. The van der Waals surface area contributed by atoms with E-state index in [-0.39, 0.29) is 0 Å². The maximum Gasteiger partial charge on any atom is 0.119 e. The van der Waals surface area contributed by atoms with Crippen LogP contribution in [0, 0.1) is 0 Å². The predicted octanol–water partition coefficient (Wildman–Crippen LogP) is 2.63. The van der Waals surface area contributed by atoms with Gasteiger partial charge in [-0.15, -0.1) is 0 Å². The molecule has 2 atom stereocenters. The number of alkyl halides is 1. The number of halogens is 1. The van der Waals surface area contributed by atoms with E-state index in [0.717, 1.165) is 37.2 Å². The lowest BCUT2D eigenvalue weighted by Gasteiger charge is -2.35. The van der Waals surface area contributed by atoms with Crippen molar-refractivity contribution in [1.82, 2.24) is 15.1 Å². The van der Waals surface area contributed by atoms with Crippen LogP contribution in [-0.4, -0.2) is 27.5 Å². The van der Waals surface area contributed by atoms with Gasteiger partial charge < -0.3 is 5.32 Å². The minimum absolute atomic E-state index is 0.396. The van der Waals surface area contributed by atoms with Gasteiger partial charge in [0.15, 0.2) is 0 Å². The van der Waals surface area contributed by atoms with E-state index in [1.165, 1.54) is 0 Å². The summed E-state index contributed by atoms with van der Waals surface area (Å²) in [6.07, 6.45) is 5.07. The Morgan fingerprint density at radius 1 is 1.37 bits per heavy atom. The van der Waals surface area contributed by atoms with E-state index < -0.39 is 5.67 Å². The highest BCUT2D eigenvalue weighted by atomic mass is 19.1. The summed E-state index contributed by atoms with van der Waals surface area (Å²) < 4.78 is 17.1. The Morgan fingerprint density at radius 3 is 2.63 bits per heavy atom. The monoisotopic (exact) mass is 265 g/mol. The summed E-state index contributed by atoms with van der Waals surface area (Å²) >= 11 is 0. The second-order valence-corrected chi connectivity index (χ2v) is 6.17. The largest absolute Gasteiger partial charge is 0.311 e. The molecule has 1 aromatic rings. The van der Waals surface area contributed by atoms with E-state index in [4.69, 9.17) is 0 Å². The van der Waals surface area contributed by atoms with Gasteiger partial charge in [-0.1, -0.05) is 6.92 Å². The third kappa shape index (κ3) is 2.55. The minimum atomic E-state index is -1.03. The molecule has 3 heterocycles. The molecule has 2 aliphatic rings. The normalized spacial score (nSPS) is 33.8. The van der Waals surface area contributed by atoms with Crippen LogP contribution in [0.15, 0.2) is 6.07 Å². The fourth-order valence-electron chi connectivity index (χ4n) is 3.76. The van der Waals surface area contributed by atoms with Crippen LogP contribution in [0.5, 0.6) is 0 Å². The lowest BCUT2D eigenvalue weighted by molar-refractivity contribution is 0.0870. The van der Waals surface area contributed by atoms with E-state index in [0.29, 0.717) is 31.3 Å². The zero-order valence-corrected chi connectivity index (χ0v) is 12.0. The Balaban J connectivity index is 1.78. The molecule has 0 spiro atoms. The fourth-order valence-corrected chi connectivity index (χ4v) is 3.76. The first kappa shape index (κ1) is 13.1. The Hall–Kier alpha value is -0.900. The molecular weight excluding hydrogens is 241 g/mol. The van der Waals surface area contributed by atoms with Crippen LogP contribution in [0.3, 0.4) is 0 Å². The summed E-state index contributed by atoms with van der Waals surface area (Å²) in [4.78, 5) is 0. The summed E-state index contributed by atoms with van der Waals surface area (Å²) in [6, 6.07) is 2.88. The number of fused-ring (bicyclic) bond motifs is 2. The van der Waals surface area contributed by atoms with Crippen molar-refractivity contribution < 1.29 is 4.39 Å². The SMILES string of the molecule is CCc1cc(CC2(F)CC3CCC(C2)N3)n(CC)n1. The molecule has 2 aliphatic heterocycles. The number of nitrogens with one attached hydrogen (secondary N) is 1. The van der Waals surface area contributed by atoms with E-state index in [2.05, 4.69) is 30.3 Å². The molecule has 2 fully saturated rings. The molecule has 4 heteroatoms. The van der Waals surface area contributed by atoms with Gasteiger partial charge in [0.1, 0.15) is 5.67 Å². The first-order chi connectivity index (χ1) is 9.12. The molecule has 0 amide bonds. The summed E-state index contributed by atoms with van der Waals surface area (Å²) in [5.41, 5.74) is 1.12. The maximum atomic E-state index is 15.1. The number of piperidine rings is 1. The van der Waals surface area contributed by atoms with Gasteiger partial charge in [0, 0.05) is 30.7 Å². The van der Waals surface area contributed by atoms with Crippen molar-refractivity contribution in [3.63, 3.8) is 0 Å². The van der Waals surface area contributed by atoms with Crippen LogP contribution in [0.4, 0.5) is 4.39 Å². The Bertz CT molecular complexity index is 442. The zero-order chi connectivity index (χ0) is 13.5. The number of nitrogens with zero attached hydrogens (tertiary/aromatic N) is 2. The molecule has 0 aliphatic carbocycles. The van der Waals surface area contributed by atoms with E-state index in [9.17, 15) is 0 Å². The van der Waals surface area contributed by atoms with E-state index >= 15 is 4.39 Å². The lowest BCUT2D eigenvalue weighted by atomic mass is 9.85. The predicted molar refractivity (Wildman–Crippen MR) is 74.0 cm³/mol. The van der Waals surface area contributed by atoms with Gasteiger partial charge in [0.2, 0.25) is 0 Å². The number of rotatable bonds is 4. The molecule has 2 bridgehead atoms. The van der Waals surface area contributed by atoms with Crippen LogP contribution in [-0.2, 0) is 19.4 Å². The van der Waals surface area contributed by atoms with Gasteiger partial charge in [-0.2, -0.15) is 5.10 Å². The van der Waals surface area contributed by atoms with E-state index in [1.54, 1.807) is 0 Å². The smallest absolute Gasteiger partial charge is 0.119 e. The van der Waals surface area contributed by atoms with Crippen LogP contribution in [0.25, 0.3) is 0 Å². The molecule has 3 nitrogen and oxygen atoms in total. The maximum absolute atomic E-state index is 15.1. The molecular formula is C15H24FN3. The molecule has 0 aromatic carbocycles. The summed E-state index contributed by atoms with van der Waals surface area (Å²) in [7, 11) is 0. The molecule has 1 N–H and O–H groups in total. The number of hydrogen-bond donors (Lipinski definition) is 1. The summed E-state index contributed by atoms with van der Waals surface area (Å²) in [5, 5.41) is 8.05. The van der Waals surface area contributed by atoms with Crippen LogP contribution < -0.4 is 5.32 Å². The van der Waals surface area contributed by atoms with Crippen molar-refractivity contribution in [1.29, 1.82) is 0 Å². The average molecular weight is 265 g/mol. The molecule has 19 heavy (non-hydrogen) atoms. The second-order valence-electron chi connectivity index (χ2n) is 6.17. The van der Waals surface area contributed by atoms with Gasteiger partial charge in [0.05, 0.1) is 5.69 Å².